The van der Waals surface area contributed by atoms with Gasteiger partial charge in [-0.05, 0) is 11.6 Å². The standard InChI is InChI=1S/C11H10N4O2/c1-17-10-6-8(7-12)5-9(11(10)16)3-2-4-14-15-13/h2-3,5-6,16H,4H2,1H3. The van der Waals surface area contributed by atoms with Crippen LogP contribution in [0.25, 0.3) is 16.5 Å². The SMILES string of the molecule is COc1cc(C#N)cc(C=CCN=[N+]=[N-])c1O. The van der Waals surface area contributed by atoms with Crippen LogP contribution in [0, 0.1) is 11.3 Å². The molecule has 0 aliphatic rings. The first-order valence-corrected chi connectivity index (χ1v) is 4.71. The van der Waals surface area contributed by atoms with Gasteiger partial charge in [-0.2, -0.15) is 5.26 Å². The van der Waals surface area contributed by atoms with Crippen LogP contribution in [0.15, 0.2) is 23.3 Å². The first kappa shape index (κ1) is 12.4. The molecule has 1 N–H and O–H groups in total. The summed E-state index contributed by atoms with van der Waals surface area (Å²) in [6, 6.07) is 4.93. The minimum Gasteiger partial charge on any atom is -0.504 e. The predicted molar refractivity (Wildman–Crippen MR) is 62.4 cm³/mol. The number of rotatable bonds is 4. The molecule has 0 aliphatic carbocycles. The van der Waals surface area contributed by atoms with Gasteiger partial charge in [0.1, 0.15) is 0 Å². The summed E-state index contributed by atoms with van der Waals surface area (Å²) in [5, 5.41) is 21.9. The third-order valence-electron chi connectivity index (χ3n) is 2.00. The number of phenols is 1. The van der Waals surface area contributed by atoms with Gasteiger partial charge in [-0.1, -0.05) is 17.3 Å². The van der Waals surface area contributed by atoms with Gasteiger partial charge in [-0.15, -0.1) is 0 Å². The van der Waals surface area contributed by atoms with E-state index in [0.29, 0.717) is 11.1 Å². The third-order valence-corrected chi connectivity index (χ3v) is 2.00. The van der Waals surface area contributed by atoms with E-state index in [9.17, 15) is 5.11 Å². The first-order chi connectivity index (χ1) is 8.22. The van der Waals surface area contributed by atoms with E-state index in [1.54, 1.807) is 12.2 Å². The minimum absolute atomic E-state index is 0.0521. The monoisotopic (exact) mass is 230 g/mol. The number of ether oxygens (including phenoxy) is 1. The van der Waals surface area contributed by atoms with Crippen molar-refractivity contribution in [3.8, 4) is 17.6 Å². The average Bonchev–Trinajstić information content (AvgIpc) is 2.36. The van der Waals surface area contributed by atoms with Crippen molar-refractivity contribution in [1.82, 2.24) is 0 Å². The number of nitriles is 1. The molecule has 0 bridgehead atoms. The van der Waals surface area contributed by atoms with Crippen LogP contribution >= 0.6 is 0 Å². The molecule has 0 aromatic heterocycles. The highest BCUT2D eigenvalue weighted by Gasteiger charge is 2.07. The molecule has 0 saturated carbocycles. The lowest BCUT2D eigenvalue weighted by atomic mass is 10.1. The summed E-state index contributed by atoms with van der Waals surface area (Å²) in [6.45, 7) is 0.176. The maximum Gasteiger partial charge on any atom is 0.165 e. The van der Waals surface area contributed by atoms with Crippen LogP contribution in [0.2, 0.25) is 0 Å². The summed E-state index contributed by atoms with van der Waals surface area (Å²) in [5.41, 5.74) is 8.91. The van der Waals surface area contributed by atoms with E-state index in [-0.39, 0.29) is 18.0 Å². The number of methoxy groups -OCH3 is 1. The normalized spacial score (nSPS) is 9.65. The molecule has 1 aromatic carbocycles. The van der Waals surface area contributed by atoms with Crippen molar-refractivity contribution in [3.05, 3.63) is 39.8 Å². The number of hydrogen-bond donors (Lipinski definition) is 1. The van der Waals surface area contributed by atoms with E-state index in [4.69, 9.17) is 15.5 Å². The molecule has 0 aliphatic heterocycles. The Kier molecular flexibility index (Phi) is 4.43. The smallest absolute Gasteiger partial charge is 0.165 e. The number of benzene rings is 1. The maximum absolute atomic E-state index is 9.78. The molecule has 0 radical (unpaired) electrons. The molecule has 0 atom stereocenters. The van der Waals surface area contributed by atoms with Crippen LogP contribution in [-0.4, -0.2) is 18.8 Å². The Morgan fingerprint density at radius 2 is 2.41 bits per heavy atom. The average molecular weight is 230 g/mol. The van der Waals surface area contributed by atoms with E-state index >= 15 is 0 Å². The van der Waals surface area contributed by atoms with Gasteiger partial charge in [0.05, 0.1) is 18.7 Å². The van der Waals surface area contributed by atoms with Gasteiger partial charge in [0.15, 0.2) is 11.5 Å². The summed E-state index contributed by atoms with van der Waals surface area (Å²) in [6.07, 6.45) is 3.14. The Hall–Kier alpha value is -2.64. The zero-order valence-corrected chi connectivity index (χ0v) is 9.16. The topological polar surface area (TPSA) is 102 Å². The van der Waals surface area contributed by atoms with E-state index < -0.39 is 0 Å². The zero-order chi connectivity index (χ0) is 12.7. The number of hydrogen-bond acceptors (Lipinski definition) is 4. The number of azide groups is 1. The maximum atomic E-state index is 9.78. The van der Waals surface area contributed by atoms with Crippen LogP contribution in [0.5, 0.6) is 11.5 Å². The molecule has 6 nitrogen and oxygen atoms in total. The van der Waals surface area contributed by atoms with Gasteiger partial charge < -0.3 is 9.84 Å². The second kappa shape index (κ2) is 6.05. The largest absolute Gasteiger partial charge is 0.504 e. The lowest BCUT2D eigenvalue weighted by molar-refractivity contribution is 0.373. The van der Waals surface area contributed by atoms with Crippen molar-refractivity contribution in [3.63, 3.8) is 0 Å². The van der Waals surface area contributed by atoms with Gasteiger partial charge in [0.2, 0.25) is 0 Å². The molecule has 0 amide bonds. The van der Waals surface area contributed by atoms with Crippen molar-refractivity contribution in [2.24, 2.45) is 5.11 Å². The van der Waals surface area contributed by atoms with E-state index in [2.05, 4.69) is 10.0 Å². The molecule has 0 unspecified atom stereocenters. The van der Waals surface area contributed by atoms with Crippen LogP contribution in [0.3, 0.4) is 0 Å². The fourth-order valence-electron chi connectivity index (χ4n) is 1.24. The number of phenolic OH excluding ortho intramolecular Hbond substituents is 1. The molecule has 6 heteroatoms. The third kappa shape index (κ3) is 3.16. The van der Waals surface area contributed by atoms with Crippen molar-refractivity contribution in [2.75, 3.05) is 13.7 Å². The fourth-order valence-corrected chi connectivity index (χ4v) is 1.24. The van der Waals surface area contributed by atoms with Crippen molar-refractivity contribution >= 4 is 6.08 Å². The highest BCUT2D eigenvalue weighted by atomic mass is 16.5. The number of nitrogens with zero attached hydrogens (tertiary/aromatic N) is 4. The lowest BCUT2D eigenvalue weighted by Crippen LogP contribution is -1.88. The Morgan fingerprint density at radius 3 is 3.00 bits per heavy atom. The minimum atomic E-state index is -0.0521. The molecule has 0 spiro atoms. The van der Waals surface area contributed by atoms with Gasteiger partial charge in [-0.25, -0.2) is 0 Å². The zero-order valence-electron chi connectivity index (χ0n) is 9.16. The van der Waals surface area contributed by atoms with E-state index in [1.165, 1.54) is 19.2 Å². The Morgan fingerprint density at radius 1 is 1.65 bits per heavy atom. The molecule has 0 saturated heterocycles. The molecule has 1 aromatic rings. The van der Waals surface area contributed by atoms with Gasteiger partial charge in [-0.3, -0.25) is 0 Å². The molecular weight excluding hydrogens is 220 g/mol. The van der Waals surface area contributed by atoms with Crippen LogP contribution in [-0.2, 0) is 0 Å². The summed E-state index contributed by atoms with van der Waals surface area (Å²) in [7, 11) is 1.41. The van der Waals surface area contributed by atoms with Crippen LogP contribution in [0.1, 0.15) is 11.1 Å². The van der Waals surface area contributed by atoms with Gasteiger partial charge in [0.25, 0.3) is 0 Å². The quantitative estimate of drug-likeness (QED) is 0.488. The van der Waals surface area contributed by atoms with Gasteiger partial charge >= 0.3 is 0 Å². The molecule has 17 heavy (non-hydrogen) atoms. The fraction of sp³-hybridized carbons (Fsp3) is 0.182. The molecule has 86 valence electrons. The Labute approximate surface area is 98.0 Å². The van der Waals surface area contributed by atoms with Crippen LogP contribution < -0.4 is 4.74 Å². The van der Waals surface area contributed by atoms with E-state index in [0.717, 1.165) is 0 Å². The van der Waals surface area contributed by atoms with Crippen LogP contribution in [0.4, 0.5) is 0 Å². The molecular formula is C11H10N4O2. The van der Waals surface area contributed by atoms with Gasteiger partial charge in [0, 0.05) is 23.1 Å². The summed E-state index contributed by atoms with van der Waals surface area (Å²) in [4.78, 5) is 2.59. The highest BCUT2D eigenvalue weighted by Crippen LogP contribution is 2.32. The van der Waals surface area contributed by atoms with Crippen molar-refractivity contribution in [1.29, 1.82) is 5.26 Å². The number of aromatic hydroxyl groups is 1. The summed E-state index contributed by atoms with van der Waals surface area (Å²) >= 11 is 0. The van der Waals surface area contributed by atoms with Crippen molar-refractivity contribution in [2.45, 2.75) is 0 Å². The highest BCUT2D eigenvalue weighted by molar-refractivity contribution is 5.64. The predicted octanol–water partition coefficient (Wildman–Crippen LogP) is 2.60. The Balaban J connectivity index is 3.10. The second-order valence-electron chi connectivity index (χ2n) is 3.04. The molecule has 0 fully saturated rings. The molecule has 1 rings (SSSR count). The second-order valence-corrected chi connectivity index (χ2v) is 3.04. The summed E-state index contributed by atoms with van der Waals surface area (Å²) in [5.74, 6) is 0.177. The first-order valence-electron chi connectivity index (χ1n) is 4.71. The Bertz CT molecular complexity index is 525. The summed E-state index contributed by atoms with van der Waals surface area (Å²) < 4.78 is 4.94. The van der Waals surface area contributed by atoms with Crippen molar-refractivity contribution < 1.29 is 9.84 Å². The molecule has 0 heterocycles. The van der Waals surface area contributed by atoms with E-state index in [1.807, 2.05) is 6.07 Å². The lowest BCUT2D eigenvalue weighted by Gasteiger charge is -2.06.